The van der Waals surface area contributed by atoms with E-state index in [1.54, 1.807) is 6.20 Å². The van der Waals surface area contributed by atoms with E-state index in [9.17, 15) is 15.2 Å². The van der Waals surface area contributed by atoms with Gasteiger partial charge in [0.2, 0.25) is 0 Å². The number of piperidine rings is 1. The molecule has 1 aliphatic rings. The molecule has 1 amide bonds. The van der Waals surface area contributed by atoms with Crippen LogP contribution in [0, 0.1) is 18.3 Å². The third-order valence-corrected chi connectivity index (χ3v) is 4.19. The summed E-state index contributed by atoms with van der Waals surface area (Å²) in [7, 11) is 0. The third-order valence-electron chi connectivity index (χ3n) is 4.19. The van der Waals surface area contributed by atoms with Crippen LogP contribution in [0.1, 0.15) is 31.2 Å². The smallest absolute Gasteiger partial charge is 0.267 e. The Morgan fingerprint density at radius 3 is 2.96 bits per heavy atom. The number of carbonyl (C=O) groups excluding carboxylic acids is 1. The number of hydrogen-bond donors (Lipinski definition) is 2. The van der Waals surface area contributed by atoms with Gasteiger partial charge in [-0.2, -0.15) is 5.26 Å². The van der Waals surface area contributed by atoms with Gasteiger partial charge in [-0.1, -0.05) is 18.2 Å². The van der Waals surface area contributed by atoms with Gasteiger partial charge in [0, 0.05) is 31.1 Å². The molecule has 0 aromatic heterocycles. The topological polar surface area (TPSA) is 76.4 Å². The summed E-state index contributed by atoms with van der Waals surface area (Å²) in [6, 6.07) is 9.67. The Labute approximate surface area is 137 Å². The molecule has 5 heteroatoms. The van der Waals surface area contributed by atoms with Crippen LogP contribution in [0.25, 0.3) is 0 Å². The summed E-state index contributed by atoms with van der Waals surface area (Å²) in [6.07, 6.45) is 5.44. The maximum Gasteiger partial charge on any atom is 0.267 e. The summed E-state index contributed by atoms with van der Waals surface area (Å²) in [5, 5.41) is 21.3. The molecule has 0 aliphatic carbocycles. The van der Waals surface area contributed by atoms with Crippen LogP contribution in [0.5, 0.6) is 0 Å². The van der Waals surface area contributed by atoms with Crippen LogP contribution in [-0.2, 0) is 4.79 Å². The number of carbonyl (C=O) groups is 1. The highest BCUT2D eigenvalue weighted by atomic mass is 16.3. The lowest BCUT2D eigenvalue weighted by atomic mass is 10.00. The normalized spacial score (nSPS) is 18.4. The lowest BCUT2D eigenvalue weighted by Crippen LogP contribution is -2.37. The van der Waals surface area contributed by atoms with Gasteiger partial charge in [0.1, 0.15) is 11.6 Å². The fourth-order valence-corrected chi connectivity index (χ4v) is 2.86. The summed E-state index contributed by atoms with van der Waals surface area (Å²) in [6.45, 7) is 2.84. The second kappa shape index (κ2) is 8.35. The molecule has 0 saturated carbocycles. The van der Waals surface area contributed by atoms with Crippen LogP contribution >= 0.6 is 0 Å². The molecule has 1 atom stereocenters. The fourth-order valence-electron chi connectivity index (χ4n) is 2.86. The van der Waals surface area contributed by atoms with Crippen LogP contribution in [0.3, 0.4) is 0 Å². The summed E-state index contributed by atoms with van der Waals surface area (Å²) in [5.74, 6) is -0.393. The first-order valence-corrected chi connectivity index (χ1v) is 8.01. The fraction of sp³-hybridized carbons (Fsp3) is 0.444. The average molecular weight is 313 g/mol. The number of nitrogens with one attached hydrogen (secondary N) is 1. The van der Waals surface area contributed by atoms with Crippen molar-refractivity contribution in [3.05, 3.63) is 41.6 Å². The summed E-state index contributed by atoms with van der Waals surface area (Å²) in [5.41, 5.74) is 1.76. The van der Waals surface area contributed by atoms with E-state index in [-0.39, 0.29) is 18.2 Å². The molecule has 1 heterocycles. The lowest BCUT2D eigenvalue weighted by Gasteiger charge is -2.34. The number of benzene rings is 1. The predicted octanol–water partition coefficient (Wildman–Crippen LogP) is 2.58. The van der Waals surface area contributed by atoms with Gasteiger partial charge >= 0.3 is 0 Å². The Kier molecular flexibility index (Phi) is 6.19. The number of para-hydroxylation sites is 1. The maximum absolute atomic E-state index is 12.4. The van der Waals surface area contributed by atoms with E-state index in [4.69, 9.17) is 0 Å². The second-order valence-electron chi connectivity index (χ2n) is 5.82. The molecule has 1 saturated heterocycles. The van der Waals surface area contributed by atoms with Crippen LogP contribution in [0.15, 0.2) is 36.0 Å². The molecule has 0 radical (unpaired) electrons. The zero-order valence-corrected chi connectivity index (χ0v) is 13.5. The quantitative estimate of drug-likeness (QED) is 0.647. The zero-order chi connectivity index (χ0) is 16.7. The molecule has 1 aromatic rings. The van der Waals surface area contributed by atoms with Crippen molar-refractivity contribution in [1.29, 1.82) is 5.26 Å². The monoisotopic (exact) mass is 313 g/mol. The highest BCUT2D eigenvalue weighted by molar-refractivity contribution is 6.06. The van der Waals surface area contributed by atoms with E-state index >= 15 is 0 Å². The largest absolute Gasteiger partial charge is 0.396 e. The highest BCUT2D eigenvalue weighted by Crippen LogP contribution is 2.21. The molecule has 1 aliphatic heterocycles. The van der Waals surface area contributed by atoms with Crippen molar-refractivity contribution in [3.63, 3.8) is 0 Å². The number of aliphatic hydroxyl groups excluding tert-OH is 1. The lowest BCUT2D eigenvalue weighted by molar-refractivity contribution is -0.112. The molecular formula is C18H23N3O2. The number of hydrogen-bond acceptors (Lipinski definition) is 4. The van der Waals surface area contributed by atoms with Crippen LogP contribution in [0.2, 0.25) is 0 Å². The van der Waals surface area contributed by atoms with Gasteiger partial charge < -0.3 is 15.3 Å². The SMILES string of the molecule is Cc1ccccc1NC(=O)/C(C#N)=C\N1CCCCC1CCO. The van der Waals surface area contributed by atoms with Crippen molar-refractivity contribution in [2.75, 3.05) is 18.5 Å². The van der Waals surface area contributed by atoms with Gasteiger partial charge in [-0.3, -0.25) is 4.79 Å². The van der Waals surface area contributed by atoms with E-state index in [1.165, 1.54) is 0 Å². The first-order chi connectivity index (χ1) is 11.2. The number of likely N-dealkylation sites (tertiary alicyclic amines) is 1. The van der Waals surface area contributed by atoms with Gasteiger partial charge in [0.05, 0.1) is 0 Å². The minimum absolute atomic E-state index is 0.0955. The number of nitrogens with zero attached hydrogens (tertiary/aromatic N) is 2. The number of rotatable bonds is 5. The number of nitriles is 1. The van der Waals surface area contributed by atoms with Gasteiger partial charge in [0.15, 0.2) is 0 Å². The number of aryl methyl sites for hydroxylation is 1. The average Bonchev–Trinajstić information content (AvgIpc) is 2.56. The van der Waals surface area contributed by atoms with Crippen molar-refractivity contribution >= 4 is 11.6 Å². The Bertz CT molecular complexity index is 617. The van der Waals surface area contributed by atoms with E-state index in [1.807, 2.05) is 42.2 Å². The van der Waals surface area contributed by atoms with Crippen molar-refractivity contribution in [1.82, 2.24) is 4.90 Å². The van der Waals surface area contributed by atoms with Crippen LogP contribution in [0.4, 0.5) is 5.69 Å². The molecule has 122 valence electrons. The highest BCUT2D eigenvalue weighted by Gasteiger charge is 2.21. The molecule has 0 bridgehead atoms. The summed E-state index contributed by atoms with van der Waals surface area (Å²) >= 11 is 0. The van der Waals surface area contributed by atoms with Crippen molar-refractivity contribution in [3.8, 4) is 6.07 Å². The van der Waals surface area contributed by atoms with Gasteiger partial charge in [-0.05, 0) is 44.2 Å². The molecule has 5 nitrogen and oxygen atoms in total. The number of aliphatic hydroxyl groups is 1. The number of anilines is 1. The molecule has 1 unspecified atom stereocenters. The first-order valence-electron chi connectivity index (χ1n) is 8.01. The van der Waals surface area contributed by atoms with E-state index in [0.29, 0.717) is 12.1 Å². The van der Waals surface area contributed by atoms with Gasteiger partial charge in [-0.25, -0.2) is 0 Å². The molecule has 2 rings (SSSR count). The van der Waals surface area contributed by atoms with Gasteiger partial charge in [-0.15, -0.1) is 0 Å². The standard InChI is InChI=1S/C18H23N3O2/c1-14-6-2-3-8-17(14)20-18(23)15(12-19)13-21-10-5-4-7-16(21)9-11-22/h2-3,6,8,13,16,22H,4-5,7,9-11H2,1H3,(H,20,23)/b15-13-. The van der Waals surface area contributed by atoms with E-state index < -0.39 is 5.91 Å². The van der Waals surface area contributed by atoms with E-state index in [2.05, 4.69) is 5.32 Å². The Hall–Kier alpha value is -2.32. The summed E-state index contributed by atoms with van der Waals surface area (Å²) < 4.78 is 0. The van der Waals surface area contributed by atoms with Crippen molar-refractivity contribution in [2.45, 2.75) is 38.6 Å². The summed E-state index contributed by atoms with van der Waals surface area (Å²) in [4.78, 5) is 14.4. The Morgan fingerprint density at radius 2 is 2.26 bits per heavy atom. The van der Waals surface area contributed by atoms with Crippen LogP contribution < -0.4 is 5.32 Å². The molecule has 1 aromatic carbocycles. The van der Waals surface area contributed by atoms with E-state index in [0.717, 1.165) is 31.4 Å². The van der Waals surface area contributed by atoms with Crippen molar-refractivity contribution < 1.29 is 9.90 Å². The number of amides is 1. The Morgan fingerprint density at radius 1 is 1.48 bits per heavy atom. The maximum atomic E-state index is 12.4. The predicted molar refractivity (Wildman–Crippen MR) is 89.6 cm³/mol. The van der Waals surface area contributed by atoms with Crippen molar-refractivity contribution in [2.24, 2.45) is 0 Å². The third kappa shape index (κ3) is 4.57. The van der Waals surface area contributed by atoms with Gasteiger partial charge in [0.25, 0.3) is 5.91 Å². The molecule has 1 fully saturated rings. The molecule has 2 N–H and O–H groups in total. The molecular weight excluding hydrogens is 290 g/mol. The minimum atomic E-state index is -0.393. The minimum Gasteiger partial charge on any atom is -0.396 e. The zero-order valence-electron chi connectivity index (χ0n) is 13.5. The second-order valence-corrected chi connectivity index (χ2v) is 5.82. The first kappa shape index (κ1) is 17.0. The van der Waals surface area contributed by atoms with Crippen LogP contribution in [-0.4, -0.2) is 35.1 Å². The molecule has 0 spiro atoms. The Balaban J connectivity index is 2.12. The molecule has 23 heavy (non-hydrogen) atoms.